The fourth-order valence-corrected chi connectivity index (χ4v) is 2.15. The van der Waals surface area contributed by atoms with E-state index in [0.29, 0.717) is 13.0 Å². The van der Waals surface area contributed by atoms with E-state index in [1.165, 1.54) is 25.9 Å². The number of piperidine rings is 1. The maximum Gasteiger partial charge on any atom is 0.305 e. The Morgan fingerprint density at radius 1 is 1.33 bits per heavy atom. The second-order valence-corrected chi connectivity index (χ2v) is 4.22. The SMILES string of the molecule is CCOC(=O)CCC1CCN(CC)CC1. The summed E-state index contributed by atoms with van der Waals surface area (Å²) in [6.07, 6.45) is 4.10. The second kappa shape index (κ2) is 6.83. The third-order valence-corrected chi connectivity index (χ3v) is 3.22. The Labute approximate surface area is 92.8 Å². The van der Waals surface area contributed by atoms with Crippen LogP contribution in [0.5, 0.6) is 0 Å². The minimum Gasteiger partial charge on any atom is -0.466 e. The van der Waals surface area contributed by atoms with E-state index in [4.69, 9.17) is 4.74 Å². The zero-order valence-electron chi connectivity index (χ0n) is 10.00. The Bertz CT molecular complexity index is 186. The first-order chi connectivity index (χ1) is 7.26. The van der Waals surface area contributed by atoms with Gasteiger partial charge < -0.3 is 9.64 Å². The van der Waals surface area contributed by atoms with Gasteiger partial charge in [0.05, 0.1) is 6.61 Å². The van der Waals surface area contributed by atoms with Crippen LogP contribution in [-0.4, -0.2) is 37.1 Å². The van der Waals surface area contributed by atoms with Crippen LogP contribution in [0.1, 0.15) is 39.5 Å². The van der Waals surface area contributed by atoms with E-state index in [1.54, 1.807) is 0 Å². The first-order valence-electron chi connectivity index (χ1n) is 6.14. The molecule has 1 fully saturated rings. The van der Waals surface area contributed by atoms with Crippen LogP contribution in [0.4, 0.5) is 0 Å². The lowest BCUT2D eigenvalue weighted by Crippen LogP contribution is -2.33. The molecule has 88 valence electrons. The third kappa shape index (κ3) is 4.65. The van der Waals surface area contributed by atoms with Crippen molar-refractivity contribution in [3.63, 3.8) is 0 Å². The van der Waals surface area contributed by atoms with Crippen molar-refractivity contribution in [3.05, 3.63) is 0 Å². The first-order valence-corrected chi connectivity index (χ1v) is 6.14. The molecule has 0 N–H and O–H groups in total. The molecule has 15 heavy (non-hydrogen) atoms. The number of hydrogen-bond acceptors (Lipinski definition) is 3. The van der Waals surface area contributed by atoms with Crippen LogP contribution in [0.3, 0.4) is 0 Å². The van der Waals surface area contributed by atoms with E-state index >= 15 is 0 Å². The molecule has 0 atom stereocenters. The van der Waals surface area contributed by atoms with Gasteiger partial charge in [-0.25, -0.2) is 0 Å². The molecule has 0 saturated carbocycles. The lowest BCUT2D eigenvalue weighted by atomic mass is 9.92. The van der Waals surface area contributed by atoms with E-state index < -0.39 is 0 Å². The molecular formula is C12H23NO2. The molecule has 0 aromatic carbocycles. The molecule has 1 rings (SSSR count). The highest BCUT2D eigenvalue weighted by atomic mass is 16.5. The van der Waals surface area contributed by atoms with Gasteiger partial charge in [0, 0.05) is 6.42 Å². The summed E-state index contributed by atoms with van der Waals surface area (Å²) in [5, 5.41) is 0. The molecule has 0 aromatic heterocycles. The monoisotopic (exact) mass is 213 g/mol. The van der Waals surface area contributed by atoms with Crippen molar-refractivity contribution < 1.29 is 9.53 Å². The molecule has 3 nitrogen and oxygen atoms in total. The molecular weight excluding hydrogens is 190 g/mol. The number of nitrogens with zero attached hydrogens (tertiary/aromatic N) is 1. The fourth-order valence-electron chi connectivity index (χ4n) is 2.15. The van der Waals surface area contributed by atoms with Crippen molar-refractivity contribution >= 4 is 5.97 Å². The summed E-state index contributed by atoms with van der Waals surface area (Å²) in [5.74, 6) is 0.702. The second-order valence-electron chi connectivity index (χ2n) is 4.22. The maximum absolute atomic E-state index is 11.2. The van der Waals surface area contributed by atoms with Crippen molar-refractivity contribution in [2.24, 2.45) is 5.92 Å². The molecule has 0 aliphatic carbocycles. The molecule has 0 bridgehead atoms. The van der Waals surface area contributed by atoms with E-state index in [1.807, 2.05) is 6.92 Å². The van der Waals surface area contributed by atoms with Gasteiger partial charge in [-0.2, -0.15) is 0 Å². The highest BCUT2D eigenvalue weighted by Gasteiger charge is 2.18. The molecule has 0 amide bonds. The predicted molar refractivity (Wildman–Crippen MR) is 60.7 cm³/mol. The van der Waals surface area contributed by atoms with Gasteiger partial charge in [0.15, 0.2) is 0 Å². The summed E-state index contributed by atoms with van der Waals surface area (Å²) >= 11 is 0. The zero-order chi connectivity index (χ0) is 11.1. The molecule has 1 saturated heterocycles. The van der Waals surface area contributed by atoms with Crippen LogP contribution < -0.4 is 0 Å². The van der Waals surface area contributed by atoms with E-state index in [2.05, 4.69) is 11.8 Å². The third-order valence-electron chi connectivity index (χ3n) is 3.22. The van der Waals surface area contributed by atoms with E-state index in [-0.39, 0.29) is 5.97 Å². The van der Waals surface area contributed by atoms with Crippen molar-refractivity contribution in [1.29, 1.82) is 0 Å². The highest BCUT2D eigenvalue weighted by molar-refractivity contribution is 5.69. The molecule has 0 radical (unpaired) electrons. The van der Waals surface area contributed by atoms with Gasteiger partial charge in [-0.15, -0.1) is 0 Å². The van der Waals surface area contributed by atoms with Crippen LogP contribution >= 0.6 is 0 Å². The van der Waals surface area contributed by atoms with Crippen LogP contribution in [0.25, 0.3) is 0 Å². The number of carbonyl (C=O) groups is 1. The predicted octanol–water partition coefficient (Wildman–Crippen LogP) is 2.06. The minimum absolute atomic E-state index is 0.0320. The fraction of sp³-hybridized carbons (Fsp3) is 0.917. The molecule has 0 spiro atoms. The lowest BCUT2D eigenvalue weighted by Gasteiger charge is -2.30. The van der Waals surface area contributed by atoms with Crippen LogP contribution in [-0.2, 0) is 9.53 Å². The average Bonchev–Trinajstić information content (AvgIpc) is 2.27. The van der Waals surface area contributed by atoms with Gasteiger partial charge in [0.2, 0.25) is 0 Å². The number of rotatable bonds is 5. The Hall–Kier alpha value is -0.570. The summed E-state index contributed by atoms with van der Waals surface area (Å²) < 4.78 is 4.93. The first kappa shape index (κ1) is 12.5. The largest absolute Gasteiger partial charge is 0.466 e. The van der Waals surface area contributed by atoms with Crippen LogP contribution in [0.2, 0.25) is 0 Å². The number of ether oxygens (including phenoxy) is 1. The standard InChI is InChI=1S/C12H23NO2/c1-3-13-9-7-11(8-10-13)5-6-12(14)15-4-2/h11H,3-10H2,1-2H3. The Kier molecular flexibility index (Phi) is 5.69. The maximum atomic E-state index is 11.2. The summed E-state index contributed by atoms with van der Waals surface area (Å²) in [5.41, 5.74) is 0. The Balaban J connectivity index is 2.10. The van der Waals surface area contributed by atoms with Crippen LogP contribution in [0.15, 0.2) is 0 Å². The zero-order valence-corrected chi connectivity index (χ0v) is 10.00. The van der Waals surface area contributed by atoms with Crippen molar-refractivity contribution in [3.8, 4) is 0 Å². The number of carbonyl (C=O) groups excluding carboxylic acids is 1. The number of esters is 1. The average molecular weight is 213 g/mol. The summed E-state index contributed by atoms with van der Waals surface area (Å²) in [4.78, 5) is 13.6. The highest BCUT2D eigenvalue weighted by Crippen LogP contribution is 2.21. The molecule has 3 heteroatoms. The molecule has 1 aliphatic heterocycles. The van der Waals surface area contributed by atoms with E-state index in [9.17, 15) is 4.79 Å². The van der Waals surface area contributed by atoms with Gasteiger partial charge in [-0.3, -0.25) is 4.79 Å². The molecule has 1 heterocycles. The smallest absolute Gasteiger partial charge is 0.305 e. The summed E-state index contributed by atoms with van der Waals surface area (Å²) in [6.45, 7) is 8.13. The number of likely N-dealkylation sites (tertiary alicyclic amines) is 1. The number of hydrogen-bond donors (Lipinski definition) is 0. The normalized spacial score (nSPS) is 19.1. The molecule has 0 aromatic rings. The topological polar surface area (TPSA) is 29.5 Å². The van der Waals surface area contributed by atoms with Gasteiger partial charge in [0.1, 0.15) is 0 Å². The van der Waals surface area contributed by atoms with Gasteiger partial charge in [-0.05, 0) is 51.7 Å². The summed E-state index contributed by atoms with van der Waals surface area (Å²) in [7, 11) is 0. The molecule has 1 aliphatic rings. The van der Waals surface area contributed by atoms with Gasteiger partial charge in [0.25, 0.3) is 0 Å². The van der Waals surface area contributed by atoms with E-state index in [0.717, 1.165) is 18.9 Å². The lowest BCUT2D eigenvalue weighted by molar-refractivity contribution is -0.143. The van der Waals surface area contributed by atoms with Gasteiger partial charge in [-0.1, -0.05) is 6.92 Å². The van der Waals surface area contributed by atoms with Crippen molar-refractivity contribution in [1.82, 2.24) is 4.90 Å². The van der Waals surface area contributed by atoms with Gasteiger partial charge >= 0.3 is 5.97 Å². The molecule has 0 unspecified atom stereocenters. The minimum atomic E-state index is -0.0320. The van der Waals surface area contributed by atoms with Crippen LogP contribution in [0, 0.1) is 5.92 Å². The quantitative estimate of drug-likeness (QED) is 0.655. The Morgan fingerprint density at radius 3 is 2.53 bits per heavy atom. The van der Waals surface area contributed by atoms with Crippen molar-refractivity contribution in [2.75, 3.05) is 26.2 Å². The Morgan fingerprint density at radius 2 is 2.00 bits per heavy atom. The summed E-state index contributed by atoms with van der Waals surface area (Å²) in [6, 6.07) is 0. The van der Waals surface area contributed by atoms with Crippen molar-refractivity contribution in [2.45, 2.75) is 39.5 Å².